The lowest BCUT2D eigenvalue weighted by atomic mass is 10.1. The highest BCUT2D eigenvalue weighted by Gasteiger charge is 2.20. The third kappa shape index (κ3) is 3.16. The van der Waals surface area contributed by atoms with Crippen LogP contribution in [-0.2, 0) is 0 Å². The van der Waals surface area contributed by atoms with E-state index in [-0.39, 0.29) is 6.04 Å². The van der Waals surface area contributed by atoms with Crippen LogP contribution in [0.15, 0.2) is 40.6 Å². The van der Waals surface area contributed by atoms with Crippen LogP contribution in [0.3, 0.4) is 0 Å². The van der Waals surface area contributed by atoms with Gasteiger partial charge in [-0.3, -0.25) is 0 Å². The van der Waals surface area contributed by atoms with Gasteiger partial charge in [-0.05, 0) is 49.9 Å². The molecule has 1 heterocycles. The van der Waals surface area contributed by atoms with Crippen molar-refractivity contribution >= 4 is 23.1 Å². The first-order valence-electron chi connectivity index (χ1n) is 6.11. The molecule has 0 bridgehead atoms. The van der Waals surface area contributed by atoms with Gasteiger partial charge in [0.2, 0.25) is 0 Å². The van der Waals surface area contributed by atoms with Crippen LogP contribution in [0.1, 0.15) is 28.2 Å². The van der Waals surface area contributed by atoms with E-state index in [1.54, 1.807) is 0 Å². The van der Waals surface area contributed by atoms with Crippen LogP contribution < -0.4 is 5.73 Å². The van der Waals surface area contributed by atoms with Crippen molar-refractivity contribution in [2.24, 2.45) is 5.73 Å². The molecule has 2 N–H and O–H groups in total. The van der Waals surface area contributed by atoms with Crippen LogP contribution in [0.5, 0.6) is 0 Å². The highest BCUT2D eigenvalue weighted by molar-refractivity contribution is 7.99. The van der Waals surface area contributed by atoms with E-state index in [9.17, 15) is 0 Å². The molecule has 0 spiro atoms. The van der Waals surface area contributed by atoms with Gasteiger partial charge in [0, 0.05) is 15.8 Å². The number of hydrogen-bond donors (Lipinski definition) is 1. The Bertz CT molecular complexity index is 517. The molecule has 1 aromatic heterocycles. The number of aryl methyl sites for hydroxylation is 2. The summed E-state index contributed by atoms with van der Waals surface area (Å²) < 4.78 is 0. The molecule has 18 heavy (non-hydrogen) atoms. The van der Waals surface area contributed by atoms with Crippen molar-refractivity contribution in [2.45, 2.75) is 37.0 Å². The summed E-state index contributed by atoms with van der Waals surface area (Å²) >= 11 is 3.68. The second kappa shape index (κ2) is 5.91. The molecule has 0 radical (unpaired) electrons. The monoisotopic (exact) mass is 277 g/mol. The van der Waals surface area contributed by atoms with Gasteiger partial charge in [0.1, 0.15) is 0 Å². The maximum Gasteiger partial charge on any atom is 0.0589 e. The number of thioether (sulfide) groups is 1. The summed E-state index contributed by atoms with van der Waals surface area (Å²) in [6, 6.07) is 10.9. The lowest BCUT2D eigenvalue weighted by Crippen LogP contribution is -2.22. The Kier molecular flexibility index (Phi) is 4.49. The molecule has 0 fully saturated rings. The molecule has 0 saturated heterocycles. The molecule has 1 nitrogen and oxygen atoms in total. The molecule has 0 saturated carbocycles. The van der Waals surface area contributed by atoms with Gasteiger partial charge in [-0.15, -0.1) is 23.1 Å². The Labute approximate surface area is 117 Å². The molecule has 2 unspecified atom stereocenters. The molecule has 2 aromatic rings. The van der Waals surface area contributed by atoms with Gasteiger partial charge < -0.3 is 5.73 Å². The standard InChI is InChI=1S/C15H19NS2/c1-10-5-4-6-13(9-10)18-15(12(3)16)14-11(2)7-8-17-14/h4-9,12,15H,16H2,1-3H3. The van der Waals surface area contributed by atoms with E-state index in [1.165, 1.54) is 20.9 Å². The fraction of sp³-hybridized carbons (Fsp3) is 0.333. The summed E-state index contributed by atoms with van der Waals surface area (Å²) in [6.45, 7) is 6.38. The van der Waals surface area contributed by atoms with E-state index >= 15 is 0 Å². The Hall–Kier alpha value is -0.770. The fourth-order valence-corrected chi connectivity index (χ4v) is 4.46. The first-order chi connectivity index (χ1) is 8.58. The van der Waals surface area contributed by atoms with E-state index in [2.05, 4.69) is 56.5 Å². The molecule has 96 valence electrons. The van der Waals surface area contributed by atoms with E-state index in [0.717, 1.165) is 0 Å². The molecule has 1 aromatic carbocycles. The quantitative estimate of drug-likeness (QED) is 0.830. The highest BCUT2D eigenvalue weighted by atomic mass is 32.2. The third-order valence-electron chi connectivity index (χ3n) is 2.89. The number of rotatable bonds is 4. The third-order valence-corrected chi connectivity index (χ3v) is 5.59. The molecule has 0 aliphatic carbocycles. The number of thiophene rings is 1. The van der Waals surface area contributed by atoms with E-state index in [1.807, 2.05) is 23.1 Å². The van der Waals surface area contributed by atoms with Crippen molar-refractivity contribution < 1.29 is 0 Å². The second-order valence-corrected chi connectivity index (χ2v) is 6.84. The normalized spacial score (nSPS) is 14.4. The van der Waals surface area contributed by atoms with Gasteiger partial charge in [-0.25, -0.2) is 0 Å². The number of hydrogen-bond acceptors (Lipinski definition) is 3. The topological polar surface area (TPSA) is 26.0 Å². The van der Waals surface area contributed by atoms with Crippen molar-refractivity contribution in [3.8, 4) is 0 Å². The number of benzene rings is 1. The Balaban J connectivity index is 2.25. The predicted molar refractivity (Wildman–Crippen MR) is 82.5 cm³/mol. The van der Waals surface area contributed by atoms with Crippen molar-refractivity contribution in [2.75, 3.05) is 0 Å². The van der Waals surface area contributed by atoms with Crippen molar-refractivity contribution in [1.82, 2.24) is 0 Å². The van der Waals surface area contributed by atoms with Crippen molar-refractivity contribution in [3.05, 3.63) is 51.7 Å². The average molecular weight is 277 g/mol. The molecular weight excluding hydrogens is 258 g/mol. The summed E-state index contributed by atoms with van der Waals surface area (Å²) in [5.74, 6) is 0. The summed E-state index contributed by atoms with van der Waals surface area (Å²) in [6.07, 6.45) is 0. The smallest absolute Gasteiger partial charge is 0.0589 e. The zero-order chi connectivity index (χ0) is 13.1. The predicted octanol–water partition coefficient (Wildman–Crippen LogP) is 4.55. The van der Waals surface area contributed by atoms with E-state index in [0.29, 0.717) is 5.25 Å². The zero-order valence-electron chi connectivity index (χ0n) is 11.0. The second-order valence-electron chi connectivity index (χ2n) is 4.68. The van der Waals surface area contributed by atoms with Crippen LogP contribution in [0, 0.1) is 13.8 Å². The lowest BCUT2D eigenvalue weighted by molar-refractivity contribution is 0.727. The van der Waals surface area contributed by atoms with Crippen LogP contribution in [-0.4, -0.2) is 6.04 Å². The molecule has 0 amide bonds. The molecule has 3 heteroatoms. The van der Waals surface area contributed by atoms with Gasteiger partial charge in [0.25, 0.3) is 0 Å². The fourth-order valence-electron chi connectivity index (χ4n) is 1.91. The maximum atomic E-state index is 6.17. The molecule has 0 aliphatic rings. The first-order valence-corrected chi connectivity index (χ1v) is 7.87. The minimum atomic E-state index is 0.146. The van der Waals surface area contributed by atoms with E-state index in [4.69, 9.17) is 5.73 Å². The summed E-state index contributed by atoms with van der Waals surface area (Å²) in [5, 5.41) is 2.49. The number of nitrogens with two attached hydrogens (primary N) is 1. The Morgan fingerprint density at radius 2 is 2.00 bits per heavy atom. The summed E-state index contributed by atoms with van der Waals surface area (Å²) in [5.41, 5.74) is 8.82. The van der Waals surface area contributed by atoms with E-state index < -0.39 is 0 Å². The van der Waals surface area contributed by atoms with Gasteiger partial charge in [0.15, 0.2) is 0 Å². The lowest BCUT2D eigenvalue weighted by Gasteiger charge is -2.20. The molecule has 2 atom stereocenters. The molecule has 0 aliphatic heterocycles. The SMILES string of the molecule is Cc1cccc(SC(c2sccc2C)C(C)N)c1. The minimum absolute atomic E-state index is 0.146. The minimum Gasteiger partial charge on any atom is -0.327 e. The van der Waals surface area contributed by atoms with Gasteiger partial charge in [0.05, 0.1) is 5.25 Å². The highest BCUT2D eigenvalue weighted by Crippen LogP contribution is 2.40. The van der Waals surface area contributed by atoms with Crippen LogP contribution in [0.2, 0.25) is 0 Å². The van der Waals surface area contributed by atoms with Crippen molar-refractivity contribution in [1.29, 1.82) is 0 Å². The first kappa shape index (κ1) is 13.7. The summed E-state index contributed by atoms with van der Waals surface area (Å²) in [4.78, 5) is 2.70. The van der Waals surface area contributed by atoms with Gasteiger partial charge in [-0.2, -0.15) is 0 Å². The zero-order valence-corrected chi connectivity index (χ0v) is 12.6. The molecule has 2 rings (SSSR count). The Morgan fingerprint density at radius 1 is 1.22 bits per heavy atom. The van der Waals surface area contributed by atoms with Crippen LogP contribution in [0.25, 0.3) is 0 Å². The summed E-state index contributed by atoms with van der Waals surface area (Å²) in [7, 11) is 0. The van der Waals surface area contributed by atoms with Crippen LogP contribution in [0.4, 0.5) is 0 Å². The van der Waals surface area contributed by atoms with Gasteiger partial charge in [-0.1, -0.05) is 17.7 Å². The molecular formula is C15H19NS2. The van der Waals surface area contributed by atoms with Crippen molar-refractivity contribution in [3.63, 3.8) is 0 Å². The van der Waals surface area contributed by atoms with Gasteiger partial charge >= 0.3 is 0 Å². The Morgan fingerprint density at radius 3 is 2.56 bits per heavy atom. The largest absolute Gasteiger partial charge is 0.327 e. The average Bonchev–Trinajstić information content (AvgIpc) is 2.72. The van der Waals surface area contributed by atoms with Crippen LogP contribution >= 0.6 is 23.1 Å². The maximum absolute atomic E-state index is 6.17.